The van der Waals surface area contributed by atoms with Crippen molar-refractivity contribution in [1.82, 2.24) is 19.7 Å². The van der Waals surface area contributed by atoms with E-state index in [9.17, 15) is 0 Å². The topological polar surface area (TPSA) is 81.7 Å². The first-order chi connectivity index (χ1) is 7.61. The quantitative estimate of drug-likeness (QED) is 0.779. The van der Waals surface area contributed by atoms with E-state index in [4.69, 9.17) is 5.73 Å². The van der Waals surface area contributed by atoms with Gasteiger partial charge in [-0.25, -0.2) is 9.97 Å². The number of nitrogens with zero attached hydrogens (tertiary/aromatic N) is 4. The van der Waals surface area contributed by atoms with E-state index in [1.54, 1.807) is 10.9 Å². The van der Waals surface area contributed by atoms with Crippen LogP contribution in [0.1, 0.15) is 5.56 Å². The smallest absolute Gasteiger partial charge is 0.167 e. The average Bonchev–Trinajstić information content (AvgIpc) is 2.69. The summed E-state index contributed by atoms with van der Waals surface area (Å²) in [6.45, 7) is 1.88. The second kappa shape index (κ2) is 3.80. The van der Waals surface area contributed by atoms with E-state index in [-0.39, 0.29) is 0 Å². The SMILES string of the molecule is CNc1nc(-c2cnn(C)c2)nc(N)c1C. The summed E-state index contributed by atoms with van der Waals surface area (Å²) in [6, 6.07) is 0. The van der Waals surface area contributed by atoms with Crippen molar-refractivity contribution in [1.29, 1.82) is 0 Å². The first kappa shape index (κ1) is 10.4. The van der Waals surface area contributed by atoms with Crippen molar-refractivity contribution in [3.8, 4) is 11.4 Å². The average molecular weight is 218 g/mol. The largest absolute Gasteiger partial charge is 0.383 e. The lowest BCUT2D eigenvalue weighted by Crippen LogP contribution is -2.04. The summed E-state index contributed by atoms with van der Waals surface area (Å²) >= 11 is 0. The highest BCUT2D eigenvalue weighted by atomic mass is 15.2. The lowest BCUT2D eigenvalue weighted by Gasteiger charge is -2.07. The first-order valence-electron chi connectivity index (χ1n) is 4.92. The zero-order valence-electron chi connectivity index (χ0n) is 9.52. The van der Waals surface area contributed by atoms with Gasteiger partial charge in [-0.1, -0.05) is 0 Å². The van der Waals surface area contributed by atoms with E-state index < -0.39 is 0 Å². The van der Waals surface area contributed by atoms with Gasteiger partial charge in [-0.3, -0.25) is 4.68 Å². The molecule has 0 aliphatic heterocycles. The fourth-order valence-electron chi connectivity index (χ4n) is 1.44. The van der Waals surface area contributed by atoms with Crippen LogP contribution < -0.4 is 11.1 Å². The standard InChI is InChI=1S/C10H14N6/c1-6-8(11)14-10(15-9(6)12-2)7-4-13-16(3)5-7/h4-5H,1-3H3,(H3,11,12,14,15). The van der Waals surface area contributed by atoms with Gasteiger partial charge in [-0.2, -0.15) is 5.10 Å². The summed E-state index contributed by atoms with van der Waals surface area (Å²) in [6.07, 6.45) is 3.56. The second-order valence-corrected chi connectivity index (χ2v) is 3.56. The van der Waals surface area contributed by atoms with Gasteiger partial charge in [0.2, 0.25) is 0 Å². The first-order valence-corrected chi connectivity index (χ1v) is 4.92. The molecule has 16 heavy (non-hydrogen) atoms. The maximum atomic E-state index is 5.82. The Morgan fingerprint density at radius 2 is 2.12 bits per heavy atom. The number of hydrogen-bond donors (Lipinski definition) is 2. The second-order valence-electron chi connectivity index (χ2n) is 3.56. The molecule has 84 valence electrons. The van der Waals surface area contributed by atoms with Gasteiger partial charge in [0.05, 0.1) is 11.8 Å². The van der Waals surface area contributed by atoms with Crippen LogP contribution in [0.2, 0.25) is 0 Å². The molecule has 6 nitrogen and oxygen atoms in total. The van der Waals surface area contributed by atoms with E-state index in [1.165, 1.54) is 0 Å². The van der Waals surface area contributed by atoms with Gasteiger partial charge in [-0.05, 0) is 6.92 Å². The molecule has 0 atom stereocenters. The molecule has 2 rings (SSSR count). The van der Waals surface area contributed by atoms with Crippen molar-refractivity contribution in [2.24, 2.45) is 7.05 Å². The summed E-state index contributed by atoms with van der Waals surface area (Å²) < 4.78 is 1.70. The molecule has 0 aromatic carbocycles. The molecule has 2 aromatic heterocycles. The van der Waals surface area contributed by atoms with Crippen LogP contribution in [0, 0.1) is 6.92 Å². The summed E-state index contributed by atoms with van der Waals surface area (Å²) in [4.78, 5) is 8.62. The predicted octanol–water partition coefficient (Wildman–Crippen LogP) is 0.809. The Labute approximate surface area is 93.5 Å². The normalized spacial score (nSPS) is 10.4. The molecular formula is C10H14N6. The zero-order valence-corrected chi connectivity index (χ0v) is 9.52. The van der Waals surface area contributed by atoms with Crippen molar-refractivity contribution in [3.05, 3.63) is 18.0 Å². The maximum Gasteiger partial charge on any atom is 0.167 e. The van der Waals surface area contributed by atoms with Crippen LogP contribution in [0.25, 0.3) is 11.4 Å². The van der Waals surface area contributed by atoms with Crippen LogP contribution in [0.15, 0.2) is 12.4 Å². The minimum Gasteiger partial charge on any atom is -0.383 e. The molecule has 0 unspecified atom stereocenters. The Balaban J connectivity index is 2.54. The van der Waals surface area contributed by atoms with Crippen molar-refractivity contribution in [2.75, 3.05) is 18.1 Å². The van der Waals surface area contributed by atoms with Crippen molar-refractivity contribution >= 4 is 11.6 Å². The molecule has 2 aromatic rings. The van der Waals surface area contributed by atoms with Crippen molar-refractivity contribution < 1.29 is 0 Å². The molecule has 0 amide bonds. The van der Waals surface area contributed by atoms with E-state index in [1.807, 2.05) is 27.2 Å². The molecule has 2 heterocycles. The number of aromatic nitrogens is 4. The number of nitrogens with one attached hydrogen (secondary N) is 1. The van der Waals surface area contributed by atoms with Crippen molar-refractivity contribution in [3.63, 3.8) is 0 Å². The molecule has 0 spiro atoms. The van der Waals surface area contributed by atoms with Gasteiger partial charge in [0.1, 0.15) is 11.6 Å². The molecule has 6 heteroatoms. The third-order valence-corrected chi connectivity index (χ3v) is 2.38. The summed E-state index contributed by atoms with van der Waals surface area (Å²) in [5.74, 6) is 1.81. The maximum absolute atomic E-state index is 5.82. The fourth-order valence-corrected chi connectivity index (χ4v) is 1.44. The summed E-state index contributed by atoms with van der Waals surface area (Å²) in [7, 11) is 3.65. The Bertz CT molecular complexity index is 516. The van der Waals surface area contributed by atoms with Crippen LogP contribution in [-0.4, -0.2) is 26.8 Å². The van der Waals surface area contributed by atoms with E-state index in [0.29, 0.717) is 11.6 Å². The fraction of sp³-hybridized carbons (Fsp3) is 0.300. The van der Waals surface area contributed by atoms with E-state index in [0.717, 1.165) is 16.9 Å². The number of rotatable bonds is 2. The van der Waals surface area contributed by atoms with Crippen LogP contribution in [0.5, 0.6) is 0 Å². The van der Waals surface area contributed by atoms with Crippen molar-refractivity contribution in [2.45, 2.75) is 6.92 Å². The van der Waals surface area contributed by atoms with Gasteiger partial charge >= 0.3 is 0 Å². The number of nitrogen functional groups attached to an aromatic ring is 1. The number of nitrogens with two attached hydrogens (primary N) is 1. The molecule has 0 saturated heterocycles. The van der Waals surface area contributed by atoms with E-state index in [2.05, 4.69) is 20.4 Å². The monoisotopic (exact) mass is 218 g/mol. The Kier molecular flexibility index (Phi) is 2.47. The molecule has 0 aliphatic carbocycles. The number of hydrogen-bond acceptors (Lipinski definition) is 5. The Morgan fingerprint density at radius 3 is 2.69 bits per heavy atom. The molecule has 0 radical (unpaired) electrons. The lowest BCUT2D eigenvalue weighted by molar-refractivity contribution is 0.768. The minimum absolute atomic E-state index is 0.484. The van der Waals surface area contributed by atoms with E-state index >= 15 is 0 Å². The molecule has 0 aliphatic rings. The zero-order chi connectivity index (χ0) is 11.7. The molecular weight excluding hydrogens is 204 g/mol. The number of aryl methyl sites for hydroxylation is 1. The Hall–Kier alpha value is -2.11. The third kappa shape index (κ3) is 1.69. The third-order valence-electron chi connectivity index (χ3n) is 2.38. The van der Waals surface area contributed by atoms with Crippen LogP contribution >= 0.6 is 0 Å². The van der Waals surface area contributed by atoms with Crippen LogP contribution in [0.4, 0.5) is 11.6 Å². The number of anilines is 2. The van der Waals surface area contributed by atoms with Crippen LogP contribution in [-0.2, 0) is 7.05 Å². The Morgan fingerprint density at radius 1 is 1.38 bits per heavy atom. The van der Waals surface area contributed by atoms with Gasteiger partial charge in [0.25, 0.3) is 0 Å². The van der Waals surface area contributed by atoms with Gasteiger partial charge < -0.3 is 11.1 Å². The predicted molar refractivity (Wildman–Crippen MR) is 62.9 cm³/mol. The van der Waals surface area contributed by atoms with Gasteiger partial charge in [0.15, 0.2) is 5.82 Å². The molecule has 0 bridgehead atoms. The highest BCUT2D eigenvalue weighted by molar-refractivity contribution is 5.62. The van der Waals surface area contributed by atoms with Gasteiger partial charge in [-0.15, -0.1) is 0 Å². The summed E-state index contributed by atoms with van der Waals surface area (Å²) in [5.41, 5.74) is 7.53. The molecule has 0 saturated carbocycles. The highest BCUT2D eigenvalue weighted by Crippen LogP contribution is 2.22. The molecule has 0 fully saturated rings. The van der Waals surface area contributed by atoms with Gasteiger partial charge in [0, 0.05) is 25.9 Å². The van der Waals surface area contributed by atoms with Crippen LogP contribution in [0.3, 0.4) is 0 Å². The molecule has 3 N–H and O–H groups in total. The minimum atomic E-state index is 0.484. The summed E-state index contributed by atoms with van der Waals surface area (Å²) in [5, 5.41) is 7.07. The highest BCUT2D eigenvalue weighted by Gasteiger charge is 2.10. The lowest BCUT2D eigenvalue weighted by atomic mass is 10.2.